The van der Waals surface area contributed by atoms with Crippen molar-refractivity contribution in [1.82, 2.24) is 9.80 Å². The molecule has 170 valence electrons. The number of ether oxygens (including phenoxy) is 2. The molecule has 0 unspecified atom stereocenters. The van der Waals surface area contributed by atoms with Crippen molar-refractivity contribution in [3.8, 4) is 11.5 Å². The van der Waals surface area contributed by atoms with E-state index in [4.69, 9.17) is 9.47 Å². The highest BCUT2D eigenvalue weighted by molar-refractivity contribution is 7.10. The maximum atomic E-state index is 10.6. The molecule has 0 amide bonds. The minimum absolute atomic E-state index is 0.290. The molecule has 1 saturated heterocycles. The quantitative estimate of drug-likeness (QED) is 0.657. The van der Waals surface area contributed by atoms with E-state index in [9.17, 15) is 5.11 Å². The highest BCUT2D eigenvalue weighted by Gasteiger charge is 2.19. The number of likely N-dealkylation sites (tertiary alicyclic amines) is 1. The fourth-order valence-electron chi connectivity index (χ4n) is 4.66. The van der Waals surface area contributed by atoms with Crippen molar-refractivity contribution in [3.63, 3.8) is 0 Å². The maximum absolute atomic E-state index is 10.6. The zero-order chi connectivity index (χ0) is 21.5. The maximum Gasteiger partial charge on any atom is 0.161 e. The van der Waals surface area contributed by atoms with Gasteiger partial charge in [0, 0.05) is 31.1 Å². The van der Waals surface area contributed by atoms with Crippen LogP contribution >= 0.6 is 11.3 Å². The van der Waals surface area contributed by atoms with Crippen LogP contribution in [0.5, 0.6) is 11.5 Å². The van der Waals surface area contributed by atoms with Crippen LogP contribution in [0, 0.1) is 0 Å². The molecule has 1 aromatic heterocycles. The molecule has 0 bridgehead atoms. The Balaban J connectivity index is 1.32. The molecule has 0 saturated carbocycles. The first-order chi connectivity index (χ1) is 15.2. The van der Waals surface area contributed by atoms with Crippen LogP contribution in [0.4, 0.5) is 0 Å². The van der Waals surface area contributed by atoms with E-state index in [1.807, 2.05) is 17.4 Å². The molecule has 1 atom stereocenters. The lowest BCUT2D eigenvalue weighted by molar-refractivity contribution is 0.0644. The Morgan fingerprint density at radius 2 is 1.81 bits per heavy atom. The minimum Gasteiger partial charge on any atom is -0.493 e. The molecule has 3 heterocycles. The van der Waals surface area contributed by atoms with Crippen molar-refractivity contribution in [2.24, 2.45) is 0 Å². The van der Waals surface area contributed by atoms with Crippen LogP contribution < -0.4 is 9.47 Å². The summed E-state index contributed by atoms with van der Waals surface area (Å²) in [4.78, 5) is 6.40. The number of rotatable bonds is 8. The zero-order valence-electron chi connectivity index (χ0n) is 18.7. The topological polar surface area (TPSA) is 45.2 Å². The van der Waals surface area contributed by atoms with Gasteiger partial charge in [0.05, 0.1) is 7.11 Å². The molecule has 6 heteroatoms. The highest BCUT2D eigenvalue weighted by Crippen LogP contribution is 2.30. The van der Waals surface area contributed by atoms with Crippen LogP contribution in [-0.2, 0) is 19.5 Å². The molecule has 2 aliphatic rings. The molecular weight excluding hydrogens is 408 g/mol. The minimum atomic E-state index is -0.494. The van der Waals surface area contributed by atoms with Crippen LogP contribution in [0.1, 0.15) is 48.1 Å². The van der Waals surface area contributed by atoms with E-state index in [1.165, 1.54) is 48.1 Å². The molecule has 2 aromatic rings. The third-order valence-electron chi connectivity index (χ3n) is 6.37. The molecule has 4 rings (SSSR count). The number of aliphatic hydroxyl groups is 1. The van der Waals surface area contributed by atoms with E-state index in [1.54, 1.807) is 7.11 Å². The third kappa shape index (κ3) is 6.45. The van der Waals surface area contributed by atoms with E-state index < -0.39 is 6.10 Å². The van der Waals surface area contributed by atoms with Crippen LogP contribution in [0.25, 0.3) is 0 Å². The molecule has 5 nitrogen and oxygen atoms in total. The third-order valence-corrected chi connectivity index (χ3v) is 7.39. The fourth-order valence-corrected chi connectivity index (χ4v) is 5.55. The van der Waals surface area contributed by atoms with Gasteiger partial charge in [-0.2, -0.15) is 0 Å². The van der Waals surface area contributed by atoms with Gasteiger partial charge in [0.15, 0.2) is 11.5 Å². The van der Waals surface area contributed by atoms with E-state index in [0.29, 0.717) is 6.54 Å². The number of fused-ring (bicyclic) bond motifs is 1. The lowest BCUT2D eigenvalue weighted by Gasteiger charge is -2.27. The number of aliphatic hydroxyl groups excluding tert-OH is 1. The average Bonchev–Trinajstić information content (AvgIpc) is 3.22. The summed E-state index contributed by atoms with van der Waals surface area (Å²) in [7, 11) is 1.67. The van der Waals surface area contributed by atoms with Gasteiger partial charge in [0.25, 0.3) is 0 Å². The summed E-state index contributed by atoms with van der Waals surface area (Å²) < 4.78 is 11.6. The van der Waals surface area contributed by atoms with Crippen LogP contribution in [0.15, 0.2) is 29.6 Å². The molecule has 2 aliphatic heterocycles. The van der Waals surface area contributed by atoms with Crippen molar-refractivity contribution in [3.05, 3.63) is 45.6 Å². The van der Waals surface area contributed by atoms with Crippen molar-refractivity contribution < 1.29 is 14.6 Å². The number of thiophene rings is 1. The SMILES string of the molecule is COc1ccc(CN2CCc3sccc3C2)cc1OC[C@@H](O)CN1CCCCCCC1. The molecule has 31 heavy (non-hydrogen) atoms. The molecule has 0 radical (unpaired) electrons. The second kappa shape index (κ2) is 11.3. The van der Waals surface area contributed by atoms with Crippen LogP contribution in [0.3, 0.4) is 0 Å². The Hall–Kier alpha value is -1.60. The van der Waals surface area contributed by atoms with E-state index in [2.05, 4.69) is 33.4 Å². The lowest BCUT2D eigenvalue weighted by Crippen LogP contribution is -2.37. The Morgan fingerprint density at radius 1 is 1.00 bits per heavy atom. The van der Waals surface area contributed by atoms with E-state index >= 15 is 0 Å². The van der Waals surface area contributed by atoms with Crippen LogP contribution in [-0.4, -0.2) is 60.9 Å². The zero-order valence-corrected chi connectivity index (χ0v) is 19.5. The van der Waals surface area contributed by atoms with Gasteiger partial charge in [0.2, 0.25) is 0 Å². The number of nitrogens with zero attached hydrogens (tertiary/aromatic N) is 2. The second-order valence-corrected chi connectivity index (χ2v) is 9.85. The monoisotopic (exact) mass is 444 g/mol. The lowest BCUT2D eigenvalue weighted by atomic mass is 10.1. The summed E-state index contributed by atoms with van der Waals surface area (Å²) >= 11 is 1.87. The summed E-state index contributed by atoms with van der Waals surface area (Å²) in [6.07, 6.45) is 7.05. The summed E-state index contributed by atoms with van der Waals surface area (Å²) in [5.41, 5.74) is 2.68. The molecule has 0 aliphatic carbocycles. The van der Waals surface area contributed by atoms with Crippen molar-refractivity contribution in [2.75, 3.05) is 39.9 Å². The predicted octanol–water partition coefficient (Wildman–Crippen LogP) is 4.32. The average molecular weight is 445 g/mol. The van der Waals surface area contributed by atoms with Gasteiger partial charge in [-0.25, -0.2) is 0 Å². The smallest absolute Gasteiger partial charge is 0.161 e. The van der Waals surface area contributed by atoms with Crippen molar-refractivity contribution in [2.45, 2.75) is 57.7 Å². The molecule has 1 aromatic carbocycles. The van der Waals surface area contributed by atoms with E-state index in [-0.39, 0.29) is 6.61 Å². The normalized spacial score (nSPS) is 19.3. The Morgan fingerprint density at radius 3 is 2.61 bits per heavy atom. The first-order valence-electron chi connectivity index (χ1n) is 11.7. The standard InChI is InChI=1S/C25H36N2O3S/c1-29-23-8-7-20(16-27-13-9-25-21(17-27)10-14-31-25)15-24(23)30-19-22(28)18-26-11-5-3-2-4-6-12-26/h7-8,10,14-15,22,28H,2-6,9,11-13,16-19H2,1H3/t22-/m0/s1. The Labute approximate surface area is 190 Å². The number of methoxy groups -OCH3 is 1. The molecule has 0 spiro atoms. The van der Waals surface area contributed by atoms with Gasteiger partial charge in [-0.05, 0) is 67.1 Å². The molecule has 1 N–H and O–H groups in total. The fraction of sp³-hybridized carbons (Fsp3) is 0.600. The summed E-state index contributed by atoms with van der Waals surface area (Å²) in [5.74, 6) is 1.45. The van der Waals surface area contributed by atoms with Crippen molar-refractivity contribution >= 4 is 11.3 Å². The first-order valence-corrected chi connectivity index (χ1v) is 12.6. The molecule has 1 fully saturated rings. The Bertz CT molecular complexity index is 817. The summed E-state index contributed by atoms with van der Waals surface area (Å²) in [6.45, 7) is 6.12. The summed E-state index contributed by atoms with van der Waals surface area (Å²) in [5, 5.41) is 12.8. The van der Waals surface area contributed by atoms with Gasteiger partial charge in [-0.1, -0.05) is 25.3 Å². The van der Waals surface area contributed by atoms with Crippen LogP contribution in [0.2, 0.25) is 0 Å². The second-order valence-electron chi connectivity index (χ2n) is 8.85. The Kier molecular flexibility index (Phi) is 8.25. The van der Waals surface area contributed by atoms with Gasteiger partial charge >= 0.3 is 0 Å². The predicted molar refractivity (Wildman–Crippen MR) is 126 cm³/mol. The van der Waals surface area contributed by atoms with E-state index in [0.717, 1.165) is 50.6 Å². The summed E-state index contributed by atoms with van der Waals surface area (Å²) in [6, 6.07) is 8.42. The number of β-amino-alcohol motifs (C(OH)–C–C–N with tert-alkyl or cyclic N) is 1. The highest BCUT2D eigenvalue weighted by atomic mass is 32.1. The largest absolute Gasteiger partial charge is 0.493 e. The molecular formula is C25H36N2O3S. The van der Waals surface area contributed by atoms with Gasteiger partial charge < -0.3 is 19.5 Å². The number of benzene rings is 1. The first kappa shape index (κ1) is 22.6. The van der Waals surface area contributed by atoms with Crippen molar-refractivity contribution in [1.29, 1.82) is 0 Å². The van der Waals surface area contributed by atoms with Gasteiger partial charge in [-0.3, -0.25) is 4.90 Å². The number of hydrogen-bond acceptors (Lipinski definition) is 6. The number of hydrogen-bond donors (Lipinski definition) is 1. The van der Waals surface area contributed by atoms with Gasteiger partial charge in [0.1, 0.15) is 12.7 Å². The van der Waals surface area contributed by atoms with Gasteiger partial charge in [-0.15, -0.1) is 11.3 Å².